The van der Waals surface area contributed by atoms with Gasteiger partial charge in [0.2, 0.25) is 5.91 Å². The molecule has 0 bridgehead atoms. The molecule has 12 heteroatoms. The number of aliphatic carboxylic acids is 1. The Morgan fingerprint density at radius 3 is 2.56 bits per heavy atom. The van der Waals surface area contributed by atoms with Crippen LogP contribution < -0.4 is 5.32 Å². The van der Waals surface area contributed by atoms with Gasteiger partial charge in [-0.2, -0.15) is 4.98 Å². The minimum atomic E-state index is -0.753. The molecule has 3 aliphatic rings. The van der Waals surface area contributed by atoms with E-state index in [9.17, 15) is 19.1 Å². The van der Waals surface area contributed by atoms with E-state index < -0.39 is 17.6 Å². The molecule has 242 valence electrons. The number of carboxylic acid groups (broad SMARTS) is 1. The summed E-state index contributed by atoms with van der Waals surface area (Å²) in [6, 6.07) is 7.32. The Morgan fingerprint density at radius 1 is 1.04 bits per heavy atom. The van der Waals surface area contributed by atoms with Crippen LogP contribution in [0.4, 0.5) is 20.5 Å². The molecule has 2 aliphatic heterocycles. The fraction of sp³-hybridized carbons (Fsp3) is 0.545. The monoisotopic (exact) mass is 626 g/mol. The quantitative estimate of drug-likeness (QED) is 0.319. The number of anilines is 2. The van der Waals surface area contributed by atoms with Crippen LogP contribution in [0.15, 0.2) is 34.7 Å². The van der Waals surface area contributed by atoms with E-state index in [1.807, 2.05) is 11.8 Å². The fourth-order valence-electron chi connectivity index (χ4n) is 6.81. The first-order valence-electron chi connectivity index (χ1n) is 15.8. The van der Waals surface area contributed by atoms with Gasteiger partial charge < -0.3 is 29.2 Å². The van der Waals surface area contributed by atoms with Crippen LogP contribution in [0.5, 0.6) is 0 Å². The molecule has 1 aliphatic carbocycles. The van der Waals surface area contributed by atoms with Crippen molar-refractivity contribution in [1.29, 1.82) is 0 Å². The number of carbonyl (C=O) groups is 2. The van der Waals surface area contributed by atoms with Gasteiger partial charge in [0.15, 0.2) is 11.4 Å². The maximum absolute atomic E-state index is 15.8. The van der Waals surface area contributed by atoms with Crippen molar-refractivity contribution in [2.24, 2.45) is 5.92 Å². The molecule has 2 N–H and O–H groups in total. The Hall–Kier alpha value is -3.61. The van der Waals surface area contributed by atoms with Crippen molar-refractivity contribution < 1.29 is 37.4 Å². The van der Waals surface area contributed by atoms with Crippen molar-refractivity contribution >= 4 is 34.7 Å². The fourth-order valence-corrected chi connectivity index (χ4v) is 6.81. The van der Waals surface area contributed by atoms with Crippen LogP contribution in [0.3, 0.4) is 0 Å². The number of rotatable bonds is 10. The molecule has 3 fully saturated rings. The number of carboxylic acids is 1. The molecule has 10 nitrogen and oxygen atoms in total. The molecule has 45 heavy (non-hydrogen) atoms. The molecular formula is C33H40F2N4O6. The first kappa shape index (κ1) is 31.4. The van der Waals surface area contributed by atoms with Crippen molar-refractivity contribution in [2.75, 3.05) is 44.8 Å². The summed E-state index contributed by atoms with van der Waals surface area (Å²) >= 11 is 0. The second kappa shape index (κ2) is 13.8. The minimum Gasteiger partial charge on any atom is -0.481 e. The topological polar surface area (TPSA) is 117 Å². The SMILES string of the molecule is Cc1ccc(F)cc1Nc1nc2ccc(CC(=O)N3[C@H](COC4CCC(C(=O)O)CC4)CC[C@H]3CN3CCOCC3)c(F)c2o1. The highest BCUT2D eigenvalue weighted by Gasteiger charge is 2.39. The van der Waals surface area contributed by atoms with Gasteiger partial charge >= 0.3 is 5.97 Å². The summed E-state index contributed by atoms with van der Waals surface area (Å²) in [6.45, 7) is 5.80. The summed E-state index contributed by atoms with van der Waals surface area (Å²) in [5.74, 6) is -2.32. The second-order valence-corrected chi connectivity index (χ2v) is 12.4. The number of hydrogen-bond donors (Lipinski definition) is 2. The molecule has 2 atom stereocenters. The number of nitrogens with one attached hydrogen (secondary N) is 1. The van der Waals surface area contributed by atoms with Crippen molar-refractivity contribution in [3.8, 4) is 0 Å². The zero-order valence-corrected chi connectivity index (χ0v) is 25.5. The van der Waals surface area contributed by atoms with Crippen LogP contribution in [0, 0.1) is 24.5 Å². The van der Waals surface area contributed by atoms with Gasteiger partial charge in [0.25, 0.3) is 6.01 Å². The van der Waals surface area contributed by atoms with E-state index in [1.54, 1.807) is 18.2 Å². The molecule has 0 spiro atoms. The highest BCUT2D eigenvalue weighted by molar-refractivity contribution is 5.83. The maximum Gasteiger partial charge on any atom is 0.306 e. The molecule has 2 saturated heterocycles. The van der Waals surface area contributed by atoms with E-state index >= 15 is 4.39 Å². The van der Waals surface area contributed by atoms with E-state index in [2.05, 4.69) is 15.2 Å². The number of aryl methyl sites for hydroxylation is 1. The Kier molecular flexibility index (Phi) is 9.62. The van der Waals surface area contributed by atoms with Gasteiger partial charge in [-0.05, 0) is 69.2 Å². The zero-order chi connectivity index (χ0) is 31.5. The number of nitrogens with zero attached hydrogens (tertiary/aromatic N) is 3. The Morgan fingerprint density at radius 2 is 1.80 bits per heavy atom. The van der Waals surface area contributed by atoms with Gasteiger partial charge in [-0.25, -0.2) is 8.78 Å². The van der Waals surface area contributed by atoms with Gasteiger partial charge in [-0.3, -0.25) is 14.5 Å². The van der Waals surface area contributed by atoms with Crippen molar-refractivity contribution in [3.05, 3.63) is 53.1 Å². The largest absolute Gasteiger partial charge is 0.481 e. The van der Waals surface area contributed by atoms with Crippen LogP contribution in [-0.4, -0.2) is 89.4 Å². The molecular weight excluding hydrogens is 586 g/mol. The average molecular weight is 627 g/mol. The third-order valence-electron chi connectivity index (χ3n) is 9.39. The average Bonchev–Trinajstić information content (AvgIpc) is 3.64. The smallest absolute Gasteiger partial charge is 0.306 e. The Balaban J connectivity index is 1.16. The predicted molar refractivity (Wildman–Crippen MR) is 162 cm³/mol. The summed E-state index contributed by atoms with van der Waals surface area (Å²) < 4.78 is 47.0. The van der Waals surface area contributed by atoms with E-state index in [0.717, 1.165) is 31.5 Å². The minimum absolute atomic E-state index is 0.0267. The number of amides is 1. The second-order valence-electron chi connectivity index (χ2n) is 12.4. The molecule has 3 heterocycles. The summed E-state index contributed by atoms with van der Waals surface area (Å²) in [4.78, 5) is 33.8. The number of hydrogen-bond acceptors (Lipinski definition) is 8. The Labute approximate surface area is 260 Å². The number of oxazole rings is 1. The van der Waals surface area contributed by atoms with Crippen molar-refractivity contribution in [2.45, 2.75) is 70.1 Å². The molecule has 1 amide bonds. The normalized spacial score (nSPS) is 24.3. The standard InChI is InChI=1S/C33H40F2N4O6/c1-20-2-6-23(34)17-28(20)37-33-36-27-11-5-22(30(35)31(27)45-33)16-29(40)39-24(18-38-12-14-43-15-13-38)7-8-25(39)19-44-26-9-3-21(4-10-26)32(41)42/h2,5-6,11,17,21,24-26H,3-4,7-10,12-16,18-19H2,1H3,(H,36,37)(H,41,42)/t21?,24-,25-,26?/m0/s1. The van der Waals surface area contributed by atoms with E-state index in [1.165, 1.54) is 12.1 Å². The predicted octanol–water partition coefficient (Wildman–Crippen LogP) is 5.05. The first-order valence-corrected chi connectivity index (χ1v) is 15.8. The molecule has 1 aromatic heterocycles. The number of morpholine rings is 1. The number of likely N-dealkylation sites (tertiary alicyclic amines) is 1. The van der Waals surface area contributed by atoms with Crippen LogP contribution in [0.25, 0.3) is 11.1 Å². The molecule has 6 rings (SSSR count). The summed E-state index contributed by atoms with van der Waals surface area (Å²) in [6.07, 6.45) is 3.99. The highest BCUT2D eigenvalue weighted by Crippen LogP contribution is 2.32. The zero-order valence-electron chi connectivity index (χ0n) is 25.5. The van der Waals surface area contributed by atoms with Crippen LogP contribution >= 0.6 is 0 Å². The van der Waals surface area contributed by atoms with Crippen molar-refractivity contribution in [3.63, 3.8) is 0 Å². The molecule has 2 aromatic carbocycles. The lowest BCUT2D eigenvalue weighted by Gasteiger charge is -2.36. The first-order chi connectivity index (χ1) is 21.7. The van der Waals surface area contributed by atoms with Crippen LogP contribution in [0.2, 0.25) is 0 Å². The molecule has 0 radical (unpaired) electrons. The third kappa shape index (κ3) is 7.29. The summed E-state index contributed by atoms with van der Waals surface area (Å²) in [5, 5.41) is 12.2. The van der Waals surface area contributed by atoms with Crippen LogP contribution in [0.1, 0.15) is 49.7 Å². The number of carbonyl (C=O) groups excluding carboxylic acids is 1. The maximum atomic E-state index is 15.8. The molecule has 3 aromatic rings. The molecule has 1 saturated carbocycles. The Bertz CT molecular complexity index is 1520. The third-order valence-corrected chi connectivity index (χ3v) is 9.39. The highest BCUT2D eigenvalue weighted by atomic mass is 19.1. The number of fused-ring (bicyclic) bond motifs is 1. The van der Waals surface area contributed by atoms with Crippen molar-refractivity contribution in [1.82, 2.24) is 14.8 Å². The summed E-state index contributed by atoms with van der Waals surface area (Å²) in [7, 11) is 0. The number of aromatic nitrogens is 1. The van der Waals surface area contributed by atoms with Gasteiger partial charge in [0.1, 0.15) is 11.3 Å². The number of ether oxygens (including phenoxy) is 2. The lowest BCUT2D eigenvalue weighted by Crippen LogP contribution is -2.50. The van der Waals surface area contributed by atoms with Crippen LogP contribution in [-0.2, 0) is 25.5 Å². The number of benzene rings is 2. The van der Waals surface area contributed by atoms with Gasteiger partial charge in [-0.1, -0.05) is 12.1 Å². The summed E-state index contributed by atoms with van der Waals surface area (Å²) in [5.41, 5.74) is 1.66. The van der Waals surface area contributed by atoms with E-state index in [-0.39, 0.29) is 59.1 Å². The van der Waals surface area contributed by atoms with Gasteiger partial charge in [0, 0.05) is 36.9 Å². The van der Waals surface area contributed by atoms with E-state index in [4.69, 9.17) is 13.9 Å². The van der Waals surface area contributed by atoms with E-state index in [0.29, 0.717) is 57.7 Å². The van der Waals surface area contributed by atoms with Gasteiger partial charge in [-0.15, -0.1) is 0 Å². The number of halogens is 2. The lowest BCUT2D eigenvalue weighted by atomic mass is 9.87. The van der Waals surface area contributed by atoms with Gasteiger partial charge in [0.05, 0.1) is 44.3 Å². The molecule has 0 unspecified atom stereocenters. The lowest BCUT2D eigenvalue weighted by molar-refractivity contribution is -0.144.